The Labute approximate surface area is 198 Å². The number of fused-ring (bicyclic) bond motifs is 4. The average molecular weight is 451 g/mol. The molecule has 0 amide bonds. The number of para-hydroxylation sites is 1. The van der Waals surface area contributed by atoms with Gasteiger partial charge < -0.3 is 9.84 Å². The van der Waals surface area contributed by atoms with Crippen LogP contribution in [0.2, 0.25) is 0 Å². The van der Waals surface area contributed by atoms with Crippen LogP contribution in [0.25, 0.3) is 38.5 Å². The highest BCUT2D eigenvalue weighted by molar-refractivity contribution is 6.15. The highest BCUT2D eigenvalue weighted by Gasteiger charge is 2.43. The number of ether oxygens (including phenoxy) is 1. The van der Waals surface area contributed by atoms with Crippen molar-refractivity contribution in [3.63, 3.8) is 0 Å². The zero-order chi connectivity index (χ0) is 23.9. The number of carboxylic acid groups (broad SMARTS) is 1. The van der Waals surface area contributed by atoms with Crippen molar-refractivity contribution in [3.8, 4) is 11.1 Å². The number of aliphatic carboxylic acids is 1. The second kappa shape index (κ2) is 6.97. The van der Waals surface area contributed by atoms with Gasteiger partial charge in [-0.3, -0.25) is 9.97 Å². The van der Waals surface area contributed by atoms with Gasteiger partial charge in [-0.25, -0.2) is 4.79 Å². The van der Waals surface area contributed by atoms with Crippen molar-refractivity contribution in [2.45, 2.75) is 52.2 Å². The monoisotopic (exact) mass is 450 g/mol. The van der Waals surface area contributed by atoms with Crippen molar-refractivity contribution in [2.24, 2.45) is 0 Å². The Balaban J connectivity index is 1.72. The van der Waals surface area contributed by atoms with E-state index >= 15 is 0 Å². The fraction of sp³-hybridized carbons (Fsp3) is 0.276. The molecule has 2 heterocycles. The van der Waals surface area contributed by atoms with Gasteiger partial charge in [0.15, 0.2) is 6.10 Å². The minimum atomic E-state index is -1.16. The van der Waals surface area contributed by atoms with Crippen LogP contribution >= 0.6 is 0 Å². The van der Waals surface area contributed by atoms with Gasteiger partial charge in [-0.2, -0.15) is 0 Å². The summed E-state index contributed by atoms with van der Waals surface area (Å²) in [7, 11) is 0. The van der Waals surface area contributed by atoms with Gasteiger partial charge in [-0.1, -0.05) is 35.9 Å². The first-order chi connectivity index (χ1) is 16.2. The fourth-order valence-electron chi connectivity index (χ4n) is 5.59. The van der Waals surface area contributed by atoms with E-state index in [4.69, 9.17) is 14.7 Å². The quantitative estimate of drug-likeness (QED) is 0.380. The molecule has 0 spiro atoms. The minimum absolute atomic E-state index is 0.405. The van der Waals surface area contributed by atoms with Gasteiger partial charge in [0.05, 0.1) is 16.6 Å². The smallest absolute Gasteiger partial charge is 0.337 e. The number of carboxylic acids is 1. The summed E-state index contributed by atoms with van der Waals surface area (Å²) in [6.07, 6.45) is 0.704. The lowest BCUT2D eigenvalue weighted by molar-refractivity contribution is -0.160. The molecular formula is C29H26N2O3. The molecule has 0 bridgehead atoms. The van der Waals surface area contributed by atoms with E-state index in [9.17, 15) is 9.90 Å². The van der Waals surface area contributed by atoms with Crippen LogP contribution in [0.5, 0.6) is 0 Å². The molecule has 2 atom stereocenters. The topological polar surface area (TPSA) is 72.3 Å². The zero-order valence-corrected chi connectivity index (χ0v) is 19.9. The van der Waals surface area contributed by atoms with Crippen LogP contribution in [0.1, 0.15) is 62.1 Å². The molecule has 0 saturated heterocycles. The number of carbonyl (C=O) groups is 1. The molecule has 5 nitrogen and oxygen atoms in total. The predicted molar refractivity (Wildman–Crippen MR) is 134 cm³/mol. The molecular weight excluding hydrogens is 424 g/mol. The van der Waals surface area contributed by atoms with Gasteiger partial charge in [0.2, 0.25) is 0 Å². The van der Waals surface area contributed by atoms with Gasteiger partial charge in [-0.05, 0) is 63.5 Å². The molecule has 6 rings (SSSR count). The highest BCUT2D eigenvalue weighted by Crippen LogP contribution is 2.62. The van der Waals surface area contributed by atoms with Crippen molar-refractivity contribution >= 4 is 33.3 Å². The van der Waals surface area contributed by atoms with Crippen molar-refractivity contribution in [1.82, 2.24) is 9.97 Å². The molecule has 5 heteroatoms. The molecule has 0 saturated carbocycles. The van der Waals surface area contributed by atoms with Gasteiger partial charge >= 0.3 is 5.97 Å². The molecule has 34 heavy (non-hydrogen) atoms. The Bertz CT molecular complexity index is 1580. The third kappa shape index (κ3) is 2.93. The van der Waals surface area contributed by atoms with E-state index in [0.717, 1.165) is 27.5 Å². The van der Waals surface area contributed by atoms with Gasteiger partial charge in [0.1, 0.15) is 0 Å². The minimum Gasteiger partial charge on any atom is -0.479 e. The normalized spacial score (nSPS) is 17.4. The average Bonchev–Trinajstić information content (AvgIpc) is 3.31. The molecule has 0 unspecified atom stereocenters. The van der Waals surface area contributed by atoms with Crippen LogP contribution in [0.4, 0.5) is 0 Å². The van der Waals surface area contributed by atoms with E-state index < -0.39 is 17.7 Å². The Morgan fingerprint density at radius 2 is 1.82 bits per heavy atom. The molecule has 1 N–H and O–H groups in total. The maximum atomic E-state index is 12.5. The molecule has 2 aliphatic carbocycles. The Morgan fingerprint density at radius 3 is 2.56 bits per heavy atom. The highest BCUT2D eigenvalue weighted by atomic mass is 16.5. The summed E-state index contributed by atoms with van der Waals surface area (Å²) < 4.78 is 6.12. The van der Waals surface area contributed by atoms with E-state index in [0.29, 0.717) is 17.2 Å². The van der Waals surface area contributed by atoms with Crippen molar-refractivity contribution in [2.75, 3.05) is 0 Å². The van der Waals surface area contributed by atoms with E-state index in [1.165, 1.54) is 27.7 Å². The van der Waals surface area contributed by atoms with Crippen LogP contribution in [0.15, 0.2) is 54.2 Å². The Kier molecular flexibility index (Phi) is 4.30. The number of rotatable bonds is 4. The summed E-state index contributed by atoms with van der Waals surface area (Å²) in [6.45, 7) is 9.67. The number of aromatic nitrogens is 2. The third-order valence-corrected chi connectivity index (χ3v) is 6.94. The van der Waals surface area contributed by atoms with E-state index in [2.05, 4.69) is 25.1 Å². The van der Waals surface area contributed by atoms with Crippen LogP contribution in [-0.4, -0.2) is 26.6 Å². The lowest BCUT2D eigenvalue weighted by atomic mass is 9.88. The molecule has 2 aromatic heterocycles. The predicted octanol–water partition coefficient (Wildman–Crippen LogP) is 6.58. The third-order valence-electron chi connectivity index (χ3n) is 6.94. The summed E-state index contributed by atoms with van der Waals surface area (Å²) in [4.78, 5) is 22.1. The Hall–Kier alpha value is -3.57. The molecule has 2 aromatic carbocycles. The summed E-state index contributed by atoms with van der Waals surface area (Å²) in [5.41, 5.74) is 9.46. The standard InChI is InChI=1S/C29H26N2O3/c1-14-21-17-10-11-19(26-25(17)18(22(14)21)12-13-30-26)24-16-8-6-7-9-20(16)31-15(2)23(24)27(28(32)33)34-29(3,4)5/h6-13,21,27H,1-5H3,(H,32,33)/t21-,27+/m1/s1. The maximum Gasteiger partial charge on any atom is 0.337 e. The van der Waals surface area contributed by atoms with E-state index in [1.54, 1.807) is 0 Å². The van der Waals surface area contributed by atoms with Crippen molar-refractivity contribution in [3.05, 3.63) is 76.6 Å². The molecule has 0 radical (unpaired) electrons. The largest absolute Gasteiger partial charge is 0.479 e. The van der Waals surface area contributed by atoms with E-state index in [-0.39, 0.29) is 0 Å². The summed E-state index contributed by atoms with van der Waals surface area (Å²) in [5.74, 6) is -0.626. The summed E-state index contributed by atoms with van der Waals surface area (Å²) in [6, 6.07) is 14.3. The van der Waals surface area contributed by atoms with Gasteiger partial charge in [-0.15, -0.1) is 0 Å². The Morgan fingerprint density at radius 1 is 1.06 bits per heavy atom. The van der Waals surface area contributed by atoms with Gasteiger partial charge in [0, 0.05) is 45.3 Å². The maximum absolute atomic E-state index is 12.5. The second-order valence-electron chi connectivity index (χ2n) is 10.3. The SMILES string of the molecule is CC1=C2c3ccnc4c(-c5c([C@H](OC(C)(C)C)C(=O)O)c(C)nc6ccccc56)ccc(c34)[C@@H]12. The fourth-order valence-corrected chi connectivity index (χ4v) is 5.59. The second-order valence-corrected chi connectivity index (χ2v) is 10.3. The lowest BCUT2D eigenvalue weighted by Gasteiger charge is -2.28. The molecule has 0 fully saturated rings. The summed E-state index contributed by atoms with van der Waals surface area (Å²) in [5, 5.41) is 12.3. The number of aryl methyl sites for hydroxylation is 1. The zero-order valence-electron chi connectivity index (χ0n) is 19.9. The van der Waals surface area contributed by atoms with Crippen LogP contribution < -0.4 is 0 Å². The first-order valence-corrected chi connectivity index (χ1v) is 11.6. The van der Waals surface area contributed by atoms with Crippen LogP contribution in [0, 0.1) is 6.92 Å². The first-order valence-electron chi connectivity index (χ1n) is 11.6. The molecule has 0 aliphatic heterocycles. The number of pyridine rings is 2. The number of hydrogen-bond donors (Lipinski definition) is 1. The molecule has 170 valence electrons. The van der Waals surface area contributed by atoms with Crippen molar-refractivity contribution in [1.29, 1.82) is 0 Å². The van der Waals surface area contributed by atoms with Crippen LogP contribution in [-0.2, 0) is 9.53 Å². The van der Waals surface area contributed by atoms with Crippen LogP contribution in [0.3, 0.4) is 0 Å². The number of allylic oxidation sites excluding steroid dienone is 2. The molecule has 2 aliphatic rings. The van der Waals surface area contributed by atoms with E-state index in [1.807, 2.05) is 58.2 Å². The van der Waals surface area contributed by atoms with Gasteiger partial charge in [0.25, 0.3) is 0 Å². The molecule has 4 aromatic rings. The first kappa shape index (κ1) is 21.0. The number of nitrogens with zero attached hydrogens (tertiary/aromatic N) is 2. The summed E-state index contributed by atoms with van der Waals surface area (Å²) >= 11 is 0. The number of benzene rings is 2. The number of hydrogen-bond acceptors (Lipinski definition) is 4. The lowest BCUT2D eigenvalue weighted by Crippen LogP contribution is -2.28. The van der Waals surface area contributed by atoms with Crippen molar-refractivity contribution < 1.29 is 14.6 Å².